The van der Waals surface area contributed by atoms with E-state index in [2.05, 4.69) is 26.6 Å². The van der Waals surface area contributed by atoms with Gasteiger partial charge in [-0.25, -0.2) is 0 Å². The first kappa shape index (κ1) is 29.5. The summed E-state index contributed by atoms with van der Waals surface area (Å²) in [6.07, 6.45) is 0.394. The minimum Gasteiger partial charge on any atom is -0.493 e. The smallest absolute Gasteiger partial charge is 0.235 e. The number of nitrogens with one attached hydrogen (secondary N) is 2. The van der Waals surface area contributed by atoms with Crippen molar-refractivity contribution in [2.45, 2.75) is 52.1 Å². The molecule has 4 atom stereocenters. The fourth-order valence-corrected chi connectivity index (χ4v) is 5.82. The molecule has 210 valence electrons. The van der Waals surface area contributed by atoms with Crippen molar-refractivity contribution in [2.75, 3.05) is 17.2 Å². The number of anilines is 2. The Balaban J connectivity index is 1.86. The zero-order chi connectivity index (χ0) is 29.0. The lowest BCUT2D eigenvalue weighted by Gasteiger charge is -2.45. The highest BCUT2D eigenvalue weighted by atomic mass is 79.9. The van der Waals surface area contributed by atoms with Crippen molar-refractivity contribution >= 4 is 44.9 Å². The van der Waals surface area contributed by atoms with Gasteiger partial charge in [0.05, 0.1) is 18.1 Å². The molecule has 0 heterocycles. The summed E-state index contributed by atoms with van der Waals surface area (Å²) in [4.78, 5) is 41.7. The van der Waals surface area contributed by atoms with Gasteiger partial charge < -0.3 is 20.5 Å². The maximum absolute atomic E-state index is 14.0. The van der Waals surface area contributed by atoms with Crippen LogP contribution >= 0.6 is 15.9 Å². The summed E-state index contributed by atoms with van der Waals surface area (Å²) in [6.45, 7) is 7.61. The Morgan fingerprint density at radius 1 is 0.975 bits per heavy atom. The van der Waals surface area contributed by atoms with Gasteiger partial charge in [0, 0.05) is 33.7 Å². The standard InChI is InChI=1S/C32H35BrN2O5/c1-5-16-40-26-15-14-21(33)17-22(26)27-28(30(37)34-23-12-8-6-10-19(23)2)25(36)18-32(4,39)29(27)31(38)35-24-13-9-7-11-20(24)3/h6-15,17,27-29,39H,5,16,18H2,1-4H3,(H,34,37)(H,35,38). The fourth-order valence-electron chi connectivity index (χ4n) is 5.44. The number of Topliss-reactive ketones (excluding diaryl/α,β-unsaturated/α-hetero) is 1. The summed E-state index contributed by atoms with van der Waals surface area (Å²) in [5.74, 6) is -4.39. The number of aryl methyl sites for hydroxylation is 2. The lowest BCUT2D eigenvalue weighted by Crippen LogP contribution is -2.56. The van der Waals surface area contributed by atoms with Crippen LogP contribution in [-0.2, 0) is 14.4 Å². The van der Waals surface area contributed by atoms with Crippen LogP contribution in [-0.4, -0.2) is 34.9 Å². The third-order valence-electron chi connectivity index (χ3n) is 7.43. The lowest BCUT2D eigenvalue weighted by molar-refractivity contribution is -0.150. The molecule has 4 unspecified atom stereocenters. The summed E-state index contributed by atoms with van der Waals surface area (Å²) >= 11 is 3.51. The van der Waals surface area contributed by atoms with Crippen LogP contribution in [0.2, 0.25) is 0 Å². The van der Waals surface area contributed by atoms with E-state index in [9.17, 15) is 19.5 Å². The van der Waals surface area contributed by atoms with Crippen LogP contribution in [0.15, 0.2) is 71.2 Å². The van der Waals surface area contributed by atoms with E-state index in [4.69, 9.17) is 4.74 Å². The second-order valence-electron chi connectivity index (χ2n) is 10.6. The topological polar surface area (TPSA) is 105 Å². The van der Waals surface area contributed by atoms with Gasteiger partial charge in [-0.2, -0.15) is 0 Å². The summed E-state index contributed by atoms with van der Waals surface area (Å²) in [7, 11) is 0. The highest BCUT2D eigenvalue weighted by molar-refractivity contribution is 9.10. The van der Waals surface area contributed by atoms with E-state index < -0.39 is 41.0 Å². The number of hydrogen-bond donors (Lipinski definition) is 3. The summed E-state index contributed by atoms with van der Waals surface area (Å²) in [5, 5.41) is 17.5. The van der Waals surface area contributed by atoms with Crippen LogP contribution < -0.4 is 15.4 Å². The largest absolute Gasteiger partial charge is 0.493 e. The molecule has 0 aromatic heterocycles. The molecular formula is C32H35BrN2O5. The molecule has 3 aromatic rings. The molecular weight excluding hydrogens is 572 g/mol. The molecule has 3 N–H and O–H groups in total. The zero-order valence-electron chi connectivity index (χ0n) is 23.2. The van der Waals surface area contributed by atoms with Crippen molar-refractivity contribution in [1.29, 1.82) is 0 Å². The molecule has 7 nitrogen and oxygen atoms in total. The van der Waals surface area contributed by atoms with E-state index in [1.54, 1.807) is 30.3 Å². The van der Waals surface area contributed by atoms with E-state index in [0.29, 0.717) is 33.8 Å². The number of amides is 2. The van der Waals surface area contributed by atoms with Gasteiger partial charge in [-0.1, -0.05) is 59.3 Å². The van der Waals surface area contributed by atoms with Crippen molar-refractivity contribution in [3.8, 4) is 5.75 Å². The van der Waals surface area contributed by atoms with Crippen LogP contribution in [0, 0.1) is 25.7 Å². The first-order chi connectivity index (χ1) is 19.0. The molecule has 2 amide bonds. The second kappa shape index (κ2) is 12.4. The van der Waals surface area contributed by atoms with E-state index in [0.717, 1.165) is 17.5 Å². The predicted octanol–water partition coefficient (Wildman–Crippen LogP) is 6.17. The van der Waals surface area contributed by atoms with Crippen LogP contribution in [0.5, 0.6) is 5.75 Å². The number of halogens is 1. The van der Waals surface area contributed by atoms with Crippen LogP contribution in [0.3, 0.4) is 0 Å². The SMILES string of the molecule is CCCOc1ccc(Br)cc1C1C(C(=O)Nc2ccccc2C)C(=O)CC(C)(O)C1C(=O)Nc1ccccc1C. The molecule has 0 aliphatic heterocycles. The van der Waals surface area contributed by atoms with Crippen LogP contribution in [0.4, 0.5) is 11.4 Å². The van der Waals surface area contributed by atoms with Crippen molar-refractivity contribution in [1.82, 2.24) is 0 Å². The van der Waals surface area contributed by atoms with Crippen molar-refractivity contribution in [3.05, 3.63) is 87.9 Å². The molecule has 40 heavy (non-hydrogen) atoms. The van der Waals surface area contributed by atoms with Crippen LogP contribution in [0.1, 0.15) is 49.3 Å². The first-order valence-electron chi connectivity index (χ1n) is 13.4. The molecule has 3 aromatic carbocycles. The zero-order valence-corrected chi connectivity index (χ0v) is 24.7. The van der Waals surface area contributed by atoms with Gasteiger partial charge in [-0.15, -0.1) is 0 Å². The number of benzene rings is 3. The molecule has 0 spiro atoms. The average Bonchev–Trinajstić information content (AvgIpc) is 2.89. The summed E-state index contributed by atoms with van der Waals surface area (Å²) in [6, 6.07) is 20.0. The Morgan fingerprint density at radius 2 is 1.55 bits per heavy atom. The predicted molar refractivity (Wildman–Crippen MR) is 160 cm³/mol. The fraction of sp³-hybridized carbons (Fsp3) is 0.344. The van der Waals surface area contributed by atoms with Crippen molar-refractivity contribution < 1.29 is 24.2 Å². The minimum absolute atomic E-state index is 0.347. The molecule has 0 radical (unpaired) electrons. The first-order valence-corrected chi connectivity index (χ1v) is 14.2. The minimum atomic E-state index is -1.72. The molecule has 1 aliphatic rings. The maximum atomic E-state index is 14.0. The van der Waals surface area contributed by atoms with E-state index >= 15 is 0 Å². The Bertz CT molecular complexity index is 1420. The van der Waals surface area contributed by atoms with Gasteiger partial charge >= 0.3 is 0 Å². The average molecular weight is 608 g/mol. The Kier molecular flexibility index (Phi) is 9.11. The van der Waals surface area contributed by atoms with Gasteiger partial charge in [0.25, 0.3) is 0 Å². The number of rotatable bonds is 8. The van der Waals surface area contributed by atoms with Crippen LogP contribution in [0.25, 0.3) is 0 Å². The maximum Gasteiger partial charge on any atom is 0.235 e. The van der Waals surface area contributed by atoms with E-state index in [1.165, 1.54) is 6.92 Å². The normalized spacial score (nSPS) is 22.4. The second-order valence-corrected chi connectivity index (χ2v) is 11.5. The molecule has 1 saturated carbocycles. The molecule has 0 bridgehead atoms. The monoisotopic (exact) mass is 606 g/mol. The Labute approximate surface area is 243 Å². The van der Waals surface area contributed by atoms with Gasteiger partial charge in [-0.05, 0) is 68.7 Å². The quantitative estimate of drug-likeness (QED) is 0.266. The number of carbonyl (C=O) groups excluding carboxylic acids is 3. The third kappa shape index (κ3) is 6.29. The van der Waals surface area contributed by atoms with Crippen molar-refractivity contribution in [3.63, 3.8) is 0 Å². The summed E-state index contributed by atoms with van der Waals surface area (Å²) in [5.41, 5.74) is 1.64. The molecule has 1 fully saturated rings. The van der Waals surface area contributed by atoms with Crippen molar-refractivity contribution in [2.24, 2.45) is 11.8 Å². The highest BCUT2D eigenvalue weighted by Crippen LogP contribution is 2.49. The van der Waals surface area contributed by atoms with E-state index in [1.807, 2.05) is 57.2 Å². The molecule has 1 aliphatic carbocycles. The van der Waals surface area contributed by atoms with Gasteiger partial charge in [0.2, 0.25) is 11.8 Å². The number of hydrogen-bond acceptors (Lipinski definition) is 5. The molecule has 4 rings (SSSR count). The number of carbonyl (C=O) groups is 3. The Morgan fingerprint density at radius 3 is 2.12 bits per heavy atom. The van der Waals surface area contributed by atoms with Gasteiger partial charge in [0.1, 0.15) is 17.5 Å². The van der Waals surface area contributed by atoms with E-state index in [-0.39, 0.29) is 6.42 Å². The summed E-state index contributed by atoms with van der Waals surface area (Å²) < 4.78 is 6.75. The number of ether oxygens (including phenoxy) is 1. The van der Waals surface area contributed by atoms with Gasteiger partial charge in [-0.3, -0.25) is 14.4 Å². The number of ketones is 1. The molecule has 0 saturated heterocycles. The lowest BCUT2D eigenvalue weighted by atomic mass is 9.61. The number of aliphatic hydroxyl groups is 1. The van der Waals surface area contributed by atoms with Gasteiger partial charge in [0.15, 0.2) is 0 Å². The Hall–Kier alpha value is -3.49. The highest BCUT2D eigenvalue weighted by Gasteiger charge is 2.56. The number of para-hydroxylation sites is 2. The third-order valence-corrected chi connectivity index (χ3v) is 7.92. The molecule has 8 heteroatoms.